The number of benzene rings is 1. The number of rotatable bonds is 3. The monoisotopic (exact) mass is 293 g/mol. The number of carbonyl (C=O) groups excluding carboxylic acids is 1. The maximum atomic E-state index is 12.0. The Labute approximate surface area is 124 Å². The Morgan fingerprint density at radius 3 is 2.60 bits per heavy atom. The van der Waals surface area contributed by atoms with E-state index in [0.29, 0.717) is 5.02 Å². The molecule has 0 bridgehead atoms. The average molecular weight is 294 g/mol. The Kier molecular flexibility index (Phi) is 5.21. The Bertz CT molecular complexity index is 505. The third kappa shape index (κ3) is 4.09. The van der Waals surface area contributed by atoms with Crippen molar-refractivity contribution in [2.24, 2.45) is 0 Å². The third-order valence-corrected chi connectivity index (χ3v) is 4.02. The van der Waals surface area contributed by atoms with Crippen molar-refractivity contribution < 1.29 is 9.90 Å². The fraction of sp³-hybridized carbons (Fsp3) is 0.438. The van der Waals surface area contributed by atoms with Gasteiger partial charge in [0, 0.05) is 17.1 Å². The molecule has 2 N–H and O–H groups in total. The summed E-state index contributed by atoms with van der Waals surface area (Å²) in [6.07, 6.45) is 4.59. The van der Waals surface area contributed by atoms with Crippen LogP contribution in [0.25, 0.3) is 5.57 Å². The maximum absolute atomic E-state index is 12.0. The summed E-state index contributed by atoms with van der Waals surface area (Å²) in [6, 6.07) is 7.65. The number of hydrogen-bond donors (Lipinski definition) is 2. The van der Waals surface area contributed by atoms with Crippen LogP contribution >= 0.6 is 11.6 Å². The summed E-state index contributed by atoms with van der Waals surface area (Å²) in [5, 5.41) is 13.1. The molecule has 1 aromatic carbocycles. The summed E-state index contributed by atoms with van der Waals surface area (Å²) in [5.74, 6) is -0.0937. The summed E-state index contributed by atoms with van der Waals surface area (Å²) < 4.78 is 0. The number of carbonyl (C=O) groups is 1. The third-order valence-electron chi connectivity index (χ3n) is 3.69. The van der Waals surface area contributed by atoms with E-state index in [-0.39, 0.29) is 18.1 Å². The second-order valence-corrected chi connectivity index (χ2v) is 5.73. The lowest BCUT2D eigenvalue weighted by atomic mass is 9.93. The first-order valence-electron chi connectivity index (χ1n) is 6.98. The van der Waals surface area contributed by atoms with E-state index in [9.17, 15) is 9.90 Å². The van der Waals surface area contributed by atoms with Gasteiger partial charge >= 0.3 is 0 Å². The van der Waals surface area contributed by atoms with Crippen LogP contribution in [0, 0.1) is 0 Å². The highest BCUT2D eigenvalue weighted by Gasteiger charge is 2.20. The Balaban J connectivity index is 1.96. The van der Waals surface area contributed by atoms with E-state index in [2.05, 4.69) is 5.32 Å². The molecule has 1 aliphatic rings. The van der Waals surface area contributed by atoms with Gasteiger partial charge in [-0.3, -0.25) is 4.79 Å². The molecular weight excluding hydrogens is 274 g/mol. The van der Waals surface area contributed by atoms with E-state index in [1.165, 1.54) is 0 Å². The summed E-state index contributed by atoms with van der Waals surface area (Å²) in [6.45, 7) is 1.88. The van der Waals surface area contributed by atoms with Crippen molar-refractivity contribution in [3.05, 3.63) is 40.9 Å². The van der Waals surface area contributed by atoms with Crippen molar-refractivity contribution in [2.45, 2.75) is 44.8 Å². The molecule has 0 atom stereocenters. The zero-order valence-electron chi connectivity index (χ0n) is 11.6. The van der Waals surface area contributed by atoms with Crippen molar-refractivity contribution >= 4 is 23.1 Å². The molecule has 0 saturated heterocycles. The largest absolute Gasteiger partial charge is 0.393 e. The number of hydrogen-bond acceptors (Lipinski definition) is 2. The van der Waals surface area contributed by atoms with Gasteiger partial charge in [-0.15, -0.1) is 0 Å². The molecule has 1 amide bonds. The van der Waals surface area contributed by atoms with Crippen molar-refractivity contribution in [2.75, 3.05) is 0 Å². The first-order valence-corrected chi connectivity index (χ1v) is 7.36. The highest BCUT2D eigenvalue weighted by molar-refractivity contribution is 6.32. The van der Waals surface area contributed by atoms with Crippen LogP contribution in [0.2, 0.25) is 5.02 Å². The van der Waals surface area contributed by atoms with E-state index in [1.807, 2.05) is 31.2 Å². The SMILES string of the molecule is C/C(=C\C(=O)NC1CCC(O)CC1)c1ccccc1Cl. The van der Waals surface area contributed by atoms with Crippen LogP contribution in [-0.4, -0.2) is 23.2 Å². The lowest BCUT2D eigenvalue weighted by Gasteiger charge is -2.25. The zero-order valence-corrected chi connectivity index (χ0v) is 12.4. The van der Waals surface area contributed by atoms with Crippen LogP contribution in [0.3, 0.4) is 0 Å². The summed E-state index contributed by atoms with van der Waals surface area (Å²) in [4.78, 5) is 12.0. The van der Waals surface area contributed by atoms with Crippen molar-refractivity contribution in [3.63, 3.8) is 0 Å². The van der Waals surface area contributed by atoms with Crippen LogP contribution in [0.5, 0.6) is 0 Å². The van der Waals surface area contributed by atoms with Gasteiger partial charge in [-0.2, -0.15) is 0 Å². The van der Waals surface area contributed by atoms with Crippen LogP contribution in [0.15, 0.2) is 30.3 Å². The Hall–Kier alpha value is -1.32. The zero-order chi connectivity index (χ0) is 14.5. The van der Waals surface area contributed by atoms with Crippen molar-refractivity contribution in [3.8, 4) is 0 Å². The van der Waals surface area contributed by atoms with E-state index in [4.69, 9.17) is 11.6 Å². The Morgan fingerprint density at radius 2 is 1.95 bits per heavy atom. The van der Waals surface area contributed by atoms with Crippen molar-refractivity contribution in [1.82, 2.24) is 5.32 Å². The van der Waals surface area contributed by atoms with E-state index < -0.39 is 0 Å². The van der Waals surface area contributed by atoms with Gasteiger partial charge in [-0.25, -0.2) is 0 Å². The molecule has 1 aliphatic carbocycles. The molecule has 1 saturated carbocycles. The van der Waals surface area contributed by atoms with E-state index >= 15 is 0 Å². The summed E-state index contributed by atoms with van der Waals surface area (Å²) >= 11 is 6.11. The topological polar surface area (TPSA) is 49.3 Å². The number of aliphatic hydroxyl groups is 1. The minimum Gasteiger partial charge on any atom is -0.393 e. The number of amides is 1. The first-order chi connectivity index (χ1) is 9.56. The standard InChI is InChI=1S/C16H20ClNO2/c1-11(14-4-2-3-5-15(14)17)10-16(20)18-12-6-8-13(19)9-7-12/h2-5,10,12-13,19H,6-9H2,1H3,(H,18,20)/b11-10+. The molecule has 0 heterocycles. The second kappa shape index (κ2) is 6.91. The smallest absolute Gasteiger partial charge is 0.244 e. The highest BCUT2D eigenvalue weighted by atomic mass is 35.5. The fourth-order valence-electron chi connectivity index (χ4n) is 2.52. The van der Waals surface area contributed by atoms with Crippen LogP contribution in [-0.2, 0) is 4.79 Å². The molecule has 0 radical (unpaired) electrons. The molecule has 3 nitrogen and oxygen atoms in total. The van der Waals surface area contributed by atoms with Crippen LogP contribution < -0.4 is 5.32 Å². The van der Waals surface area contributed by atoms with Gasteiger partial charge < -0.3 is 10.4 Å². The molecule has 0 spiro atoms. The lowest BCUT2D eigenvalue weighted by Crippen LogP contribution is -2.37. The number of halogens is 1. The second-order valence-electron chi connectivity index (χ2n) is 5.32. The van der Waals surface area contributed by atoms with Crippen molar-refractivity contribution in [1.29, 1.82) is 0 Å². The van der Waals surface area contributed by atoms with Gasteiger partial charge in [0.1, 0.15) is 0 Å². The van der Waals surface area contributed by atoms with E-state index in [1.54, 1.807) is 6.08 Å². The molecule has 108 valence electrons. The molecule has 1 fully saturated rings. The number of nitrogens with one attached hydrogen (secondary N) is 1. The molecule has 2 rings (SSSR count). The van der Waals surface area contributed by atoms with Gasteiger partial charge in [0.25, 0.3) is 0 Å². The Morgan fingerprint density at radius 1 is 1.30 bits per heavy atom. The van der Waals surface area contributed by atoms with Gasteiger partial charge in [0.2, 0.25) is 5.91 Å². The highest BCUT2D eigenvalue weighted by Crippen LogP contribution is 2.23. The predicted octanol–water partition coefficient (Wildman–Crippen LogP) is 3.16. The van der Waals surface area contributed by atoms with Gasteiger partial charge in [-0.05, 0) is 49.8 Å². The van der Waals surface area contributed by atoms with Gasteiger partial charge in [0.15, 0.2) is 0 Å². The molecule has 4 heteroatoms. The molecular formula is C16H20ClNO2. The van der Waals surface area contributed by atoms with Gasteiger partial charge in [0.05, 0.1) is 6.10 Å². The molecule has 20 heavy (non-hydrogen) atoms. The minimum atomic E-state index is -0.205. The molecule has 1 aromatic rings. The molecule has 0 unspecified atom stereocenters. The average Bonchev–Trinajstić information content (AvgIpc) is 2.41. The molecule has 0 aromatic heterocycles. The van der Waals surface area contributed by atoms with Crippen LogP contribution in [0.1, 0.15) is 38.2 Å². The first kappa shape index (κ1) is 15.1. The number of aliphatic hydroxyl groups excluding tert-OH is 1. The lowest BCUT2D eigenvalue weighted by molar-refractivity contribution is -0.117. The summed E-state index contributed by atoms with van der Waals surface area (Å²) in [5.41, 5.74) is 1.73. The predicted molar refractivity (Wildman–Crippen MR) is 81.5 cm³/mol. The quantitative estimate of drug-likeness (QED) is 0.841. The van der Waals surface area contributed by atoms with Gasteiger partial charge in [-0.1, -0.05) is 29.8 Å². The maximum Gasteiger partial charge on any atom is 0.244 e. The normalized spacial score (nSPS) is 23.4. The summed E-state index contributed by atoms with van der Waals surface area (Å²) in [7, 11) is 0. The van der Waals surface area contributed by atoms with E-state index in [0.717, 1.165) is 36.8 Å². The minimum absolute atomic E-state index is 0.0937. The number of allylic oxidation sites excluding steroid dienone is 1. The fourth-order valence-corrected chi connectivity index (χ4v) is 2.80. The van der Waals surface area contributed by atoms with Crippen LogP contribution in [0.4, 0.5) is 0 Å². The molecule has 0 aliphatic heterocycles.